The van der Waals surface area contributed by atoms with Crippen LogP contribution in [0.1, 0.15) is 22.1 Å². The van der Waals surface area contributed by atoms with Crippen LogP contribution in [0, 0.1) is 12.7 Å². The number of nitrogens with one attached hydrogen (secondary N) is 1. The van der Waals surface area contributed by atoms with Gasteiger partial charge in [0.1, 0.15) is 5.82 Å². The van der Waals surface area contributed by atoms with Gasteiger partial charge in [-0.05, 0) is 37.3 Å². The zero-order valence-corrected chi connectivity index (χ0v) is 14.7. The Morgan fingerprint density at radius 3 is 2.84 bits per heavy atom. The number of aromatic nitrogens is 2. The second-order valence-corrected chi connectivity index (χ2v) is 6.53. The van der Waals surface area contributed by atoms with E-state index in [4.69, 9.17) is 16.1 Å². The number of rotatable bonds is 5. The van der Waals surface area contributed by atoms with Crippen LogP contribution in [0.15, 0.2) is 51.9 Å². The Morgan fingerprint density at radius 2 is 2.12 bits per heavy atom. The van der Waals surface area contributed by atoms with Gasteiger partial charge in [0, 0.05) is 10.6 Å². The van der Waals surface area contributed by atoms with Crippen molar-refractivity contribution < 1.29 is 13.7 Å². The Kier molecular flexibility index (Phi) is 5.35. The minimum absolute atomic E-state index is 0.0489. The molecule has 0 saturated heterocycles. The van der Waals surface area contributed by atoms with E-state index in [2.05, 4.69) is 15.5 Å². The molecule has 0 saturated carbocycles. The normalized spacial score (nSPS) is 10.7. The number of carbonyl (C=O) groups excluding carboxylic acids is 1. The summed E-state index contributed by atoms with van der Waals surface area (Å²) in [4.78, 5) is 17.4. The molecule has 0 radical (unpaired) electrons. The summed E-state index contributed by atoms with van der Waals surface area (Å²) in [7, 11) is 0. The first-order valence-corrected chi connectivity index (χ1v) is 8.66. The standard InChI is InChI=1S/C17H13ClFN3O2S/c1-10-20-16(24-22-10)9-25-15-5-3-2-4-12(15)17(23)21-11-6-7-14(19)13(18)8-11/h2-8H,9H2,1H3,(H,21,23). The minimum atomic E-state index is -0.537. The molecule has 3 rings (SSSR count). The molecule has 2 aromatic carbocycles. The topological polar surface area (TPSA) is 68.0 Å². The number of nitrogens with zero attached hydrogens (tertiary/aromatic N) is 2. The Bertz CT molecular complexity index is 916. The van der Waals surface area contributed by atoms with E-state index >= 15 is 0 Å². The monoisotopic (exact) mass is 377 g/mol. The van der Waals surface area contributed by atoms with E-state index in [9.17, 15) is 9.18 Å². The average molecular weight is 378 g/mol. The molecule has 1 N–H and O–H groups in total. The largest absolute Gasteiger partial charge is 0.338 e. The van der Waals surface area contributed by atoms with Gasteiger partial charge in [0.2, 0.25) is 5.89 Å². The smallest absolute Gasteiger partial charge is 0.256 e. The summed E-state index contributed by atoms with van der Waals surface area (Å²) >= 11 is 7.16. The van der Waals surface area contributed by atoms with Crippen LogP contribution in [0.25, 0.3) is 0 Å². The number of aryl methyl sites for hydroxylation is 1. The second-order valence-electron chi connectivity index (χ2n) is 5.10. The summed E-state index contributed by atoms with van der Waals surface area (Å²) in [6, 6.07) is 11.2. The molecule has 25 heavy (non-hydrogen) atoms. The Balaban J connectivity index is 1.74. The average Bonchev–Trinajstić information content (AvgIpc) is 3.02. The summed E-state index contributed by atoms with van der Waals surface area (Å²) < 4.78 is 18.3. The highest BCUT2D eigenvalue weighted by molar-refractivity contribution is 7.98. The predicted octanol–water partition coefficient (Wildman–Crippen LogP) is 4.72. The molecule has 0 aliphatic heterocycles. The summed E-state index contributed by atoms with van der Waals surface area (Å²) in [5.74, 6) is 0.656. The molecule has 1 aromatic heterocycles. The van der Waals surface area contributed by atoms with Crippen molar-refractivity contribution in [3.63, 3.8) is 0 Å². The molecule has 128 valence electrons. The molecule has 0 fully saturated rings. The van der Waals surface area contributed by atoms with Crippen molar-refractivity contribution in [1.29, 1.82) is 0 Å². The molecule has 5 nitrogen and oxygen atoms in total. The Morgan fingerprint density at radius 1 is 1.32 bits per heavy atom. The molecule has 1 amide bonds. The fourth-order valence-corrected chi connectivity index (χ4v) is 3.16. The SMILES string of the molecule is Cc1noc(CSc2ccccc2C(=O)Nc2ccc(F)c(Cl)c2)n1. The van der Waals surface area contributed by atoms with Crippen LogP contribution < -0.4 is 5.32 Å². The van der Waals surface area contributed by atoms with Crippen molar-refractivity contribution >= 4 is 35.0 Å². The van der Waals surface area contributed by atoms with Crippen molar-refractivity contribution in [2.45, 2.75) is 17.6 Å². The summed E-state index contributed by atoms with van der Waals surface area (Å²) in [6.45, 7) is 1.74. The zero-order valence-electron chi connectivity index (χ0n) is 13.1. The van der Waals surface area contributed by atoms with Crippen molar-refractivity contribution in [2.75, 3.05) is 5.32 Å². The van der Waals surface area contributed by atoms with Crippen molar-refractivity contribution in [3.8, 4) is 0 Å². The van der Waals surface area contributed by atoms with Crippen LogP contribution >= 0.6 is 23.4 Å². The summed E-state index contributed by atoms with van der Waals surface area (Å²) in [6.07, 6.45) is 0. The van der Waals surface area contributed by atoms with Crippen LogP contribution in [0.5, 0.6) is 0 Å². The van der Waals surface area contributed by atoms with Gasteiger partial charge in [-0.15, -0.1) is 11.8 Å². The van der Waals surface area contributed by atoms with Crippen molar-refractivity contribution in [1.82, 2.24) is 10.1 Å². The number of amides is 1. The van der Waals surface area contributed by atoms with Gasteiger partial charge in [0.15, 0.2) is 5.82 Å². The lowest BCUT2D eigenvalue weighted by Crippen LogP contribution is -2.13. The second kappa shape index (κ2) is 7.67. The minimum Gasteiger partial charge on any atom is -0.338 e. The fraction of sp³-hybridized carbons (Fsp3) is 0.118. The maximum absolute atomic E-state index is 13.2. The number of anilines is 1. The van der Waals surface area contributed by atoms with Gasteiger partial charge in [-0.2, -0.15) is 4.98 Å². The molecule has 0 atom stereocenters. The predicted molar refractivity (Wildman–Crippen MR) is 94.4 cm³/mol. The van der Waals surface area contributed by atoms with Gasteiger partial charge in [-0.3, -0.25) is 4.79 Å². The molecule has 0 spiro atoms. The number of hydrogen-bond acceptors (Lipinski definition) is 5. The van der Waals surface area contributed by atoms with Gasteiger partial charge < -0.3 is 9.84 Å². The number of hydrogen-bond donors (Lipinski definition) is 1. The Hall–Kier alpha value is -2.38. The first-order chi connectivity index (χ1) is 12.0. The highest BCUT2D eigenvalue weighted by Crippen LogP contribution is 2.27. The third-order valence-electron chi connectivity index (χ3n) is 3.23. The fourth-order valence-electron chi connectivity index (χ4n) is 2.09. The van der Waals surface area contributed by atoms with Crippen LogP contribution in [-0.4, -0.2) is 16.0 Å². The van der Waals surface area contributed by atoms with E-state index in [1.54, 1.807) is 19.1 Å². The van der Waals surface area contributed by atoms with E-state index in [-0.39, 0.29) is 10.9 Å². The third kappa shape index (κ3) is 4.37. The zero-order chi connectivity index (χ0) is 17.8. The molecular formula is C17H13ClFN3O2S. The molecule has 0 aliphatic carbocycles. The molecule has 0 unspecified atom stereocenters. The lowest BCUT2D eigenvalue weighted by atomic mass is 10.2. The first-order valence-electron chi connectivity index (χ1n) is 7.30. The van der Waals surface area contributed by atoms with Crippen LogP contribution in [-0.2, 0) is 5.75 Å². The number of benzene rings is 2. The van der Waals surface area contributed by atoms with Crippen molar-refractivity contribution in [3.05, 3.63) is 70.6 Å². The molecule has 0 bridgehead atoms. The van der Waals surface area contributed by atoms with E-state index in [1.807, 2.05) is 12.1 Å². The number of halogens is 2. The molecule has 8 heteroatoms. The highest BCUT2D eigenvalue weighted by Gasteiger charge is 2.14. The van der Waals surface area contributed by atoms with Gasteiger partial charge in [-0.25, -0.2) is 4.39 Å². The van der Waals surface area contributed by atoms with Crippen LogP contribution in [0.3, 0.4) is 0 Å². The quantitative estimate of drug-likeness (QED) is 0.652. The van der Waals surface area contributed by atoms with Crippen LogP contribution in [0.4, 0.5) is 10.1 Å². The number of thioether (sulfide) groups is 1. The summed E-state index contributed by atoms with van der Waals surface area (Å²) in [5, 5.41) is 6.40. The highest BCUT2D eigenvalue weighted by atomic mass is 35.5. The van der Waals surface area contributed by atoms with Gasteiger partial charge in [0.05, 0.1) is 16.3 Å². The number of carbonyl (C=O) groups is 1. The maximum Gasteiger partial charge on any atom is 0.256 e. The van der Waals surface area contributed by atoms with Gasteiger partial charge in [-0.1, -0.05) is 28.9 Å². The Labute approximate surface area is 152 Å². The lowest BCUT2D eigenvalue weighted by Gasteiger charge is -2.09. The molecular weight excluding hydrogens is 365 g/mol. The molecule has 1 heterocycles. The van der Waals surface area contributed by atoms with Gasteiger partial charge in [0.25, 0.3) is 5.91 Å². The van der Waals surface area contributed by atoms with E-state index in [1.165, 1.54) is 30.0 Å². The lowest BCUT2D eigenvalue weighted by molar-refractivity contribution is 0.102. The van der Waals surface area contributed by atoms with Crippen LogP contribution in [0.2, 0.25) is 5.02 Å². The van der Waals surface area contributed by atoms with E-state index in [0.29, 0.717) is 28.7 Å². The molecule has 3 aromatic rings. The molecule has 0 aliphatic rings. The first kappa shape index (κ1) is 17.4. The summed E-state index contributed by atoms with van der Waals surface area (Å²) in [5.41, 5.74) is 0.910. The maximum atomic E-state index is 13.2. The van der Waals surface area contributed by atoms with Gasteiger partial charge >= 0.3 is 0 Å². The van der Waals surface area contributed by atoms with Crippen molar-refractivity contribution in [2.24, 2.45) is 0 Å². The van der Waals surface area contributed by atoms with E-state index < -0.39 is 5.82 Å². The third-order valence-corrected chi connectivity index (χ3v) is 4.58. The van der Waals surface area contributed by atoms with E-state index in [0.717, 1.165) is 4.90 Å².